The number of carbonyl (C=O) groups is 1. The van der Waals surface area contributed by atoms with Crippen LogP contribution in [0, 0.1) is 5.92 Å². The second kappa shape index (κ2) is 8.48. The standard InChI is InChI=1S/C14H31N3O/c1-6-11(7-2)10-16-12(9-15)8-13(18)17-14(3,4)5/h11-12,16H,6-10,15H2,1-5H3,(H,17,18). The third-order valence-corrected chi connectivity index (χ3v) is 3.08. The molecule has 0 aliphatic rings. The third kappa shape index (κ3) is 8.48. The Labute approximate surface area is 112 Å². The molecule has 1 unspecified atom stereocenters. The maximum absolute atomic E-state index is 11.8. The average molecular weight is 257 g/mol. The van der Waals surface area contributed by atoms with Crippen molar-refractivity contribution in [1.82, 2.24) is 10.6 Å². The highest BCUT2D eigenvalue weighted by atomic mass is 16.1. The van der Waals surface area contributed by atoms with Crippen LogP contribution in [-0.4, -0.2) is 30.6 Å². The van der Waals surface area contributed by atoms with Crippen molar-refractivity contribution in [1.29, 1.82) is 0 Å². The van der Waals surface area contributed by atoms with Gasteiger partial charge in [0.05, 0.1) is 0 Å². The highest BCUT2D eigenvalue weighted by molar-refractivity contribution is 5.77. The molecule has 0 saturated heterocycles. The molecule has 0 rings (SSSR count). The highest BCUT2D eigenvalue weighted by Gasteiger charge is 2.18. The number of carbonyl (C=O) groups excluding carboxylic acids is 1. The zero-order valence-electron chi connectivity index (χ0n) is 12.7. The fourth-order valence-electron chi connectivity index (χ4n) is 1.84. The zero-order chi connectivity index (χ0) is 14.2. The van der Waals surface area contributed by atoms with Crippen LogP contribution in [0.4, 0.5) is 0 Å². The molecule has 108 valence electrons. The van der Waals surface area contributed by atoms with Crippen molar-refractivity contribution in [2.24, 2.45) is 11.7 Å². The van der Waals surface area contributed by atoms with Gasteiger partial charge in [0.15, 0.2) is 0 Å². The van der Waals surface area contributed by atoms with E-state index in [4.69, 9.17) is 5.73 Å². The molecule has 0 aliphatic heterocycles. The van der Waals surface area contributed by atoms with Crippen LogP contribution in [-0.2, 0) is 4.79 Å². The summed E-state index contributed by atoms with van der Waals surface area (Å²) >= 11 is 0. The summed E-state index contributed by atoms with van der Waals surface area (Å²) in [5.74, 6) is 0.736. The lowest BCUT2D eigenvalue weighted by Gasteiger charge is -2.24. The molecule has 18 heavy (non-hydrogen) atoms. The number of hydrogen-bond acceptors (Lipinski definition) is 3. The van der Waals surface area contributed by atoms with Crippen LogP contribution in [0.2, 0.25) is 0 Å². The quantitative estimate of drug-likeness (QED) is 0.619. The number of hydrogen-bond donors (Lipinski definition) is 3. The van der Waals surface area contributed by atoms with E-state index in [0.717, 1.165) is 19.4 Å². The van der Waals surface area contributed by atoms with E-state index < -0.39 is 0 Å². The van der Waals surface area contributed by atoms with Crippen molar-refractivity contribution in [2.75, 3.05) is 13.1 Å². The van der Waals surface area contributed by atoms with E-state index in [-0.39, 0.29) is 17.5 Å². The Morgan fingerprint density at radius 2 is 1.78 bits per heavy atom. The lowest BCUT2D eigenvalue weighted by Crippen LogP contribution is -2.46. The van der Waals surface area contributed by atoms with E-state index in [9.17, 15) is 4.79 Å². The van der Waals surface area contributed by atoms with E-state index in [1.165, 1.54) is 0 Å². The molecule has 0 aromatic rings. The summed E-state index contributed by atoms with van der Waals surface area (Å²) in [6.45, 7) is 11.8. The van der Waals surface area contributed by atoms with Crippen molar-refractivity contribution in [3.05, 3.63) is 0 Å². The van der Waals surface area contributed by atoms with Gasteiger partial charge >= 0.3 is 0 Å². The van der Waals surface area contributed by atoms with Gasteiger partial charge in [0.25, 0.3) is 0 Å². The first-order valence-corrected chi connectivity index (χ1v) is 7.06. The monoisotopic (exact) mass is 257 g/mol. The van der Waals surface area contributed by atoms with Gasteiger partial charge in [0.2, 0.25) is 5.91 Å². The molecule has 0 aromatic carbocycles. The summed E-state index contributed by atoms with van der Waals surface area (Å²) in [7, 11) is 0. The van der Waals surface area contributed by atoms with Crippen LogP contribution in [0.15, 0.2) is 0 Å². The van der Waals surface area contributed by atoms with Crippen LogP contribution in [0.5, 0.6) is 0 Å². The van der Waals surface area contributed by atoms with Crippen molar-refractivity contribution in [3.8, 4) is 0 Å². The van der Waals surface area contributed by atoms with Crippen LogP contribution < -0.4 is 16.4 Å². The normalized spacial score (nSPS) is 13.7. The molecule has 0 saturated carbocycles. The average Bonchev–Trinajstić information content (AvgIpc) is 2.26. The smallest absolute Gasteiger partial charge is 0.222 e. The number of nitrogens with two attached hydrogens (primary N) is 1. The number of rotatable bonds is 8. The van der Waals surface area contributed by atoms with Crippen LogP contribution in [0.1, 0.15) is 53.9 Å². The summed E-state index contributed by atoms with van der Waals surface area (Å²) in [6.07, 6.45) is 2.78. The summed E-state index contributed by atoms with van der Waals surface area (Å²) in [5, 5.41) is 6.37. The van der Waals surface area contributed by atoms with E-state index >= 15 is 0 Å². The minimum Gasteiger partial charge on any atom is -0.351 e. The molecule has 1 amide bonds. The lowest BCUT2D eigenvalue weighted by molar-refractivity contribution is -0.122. The van der Waals surface area contributed by atoms with Gasteiger partial charge in [-0.1, -0.05) is 26.7 Å². The second-order valence-electron chi connectivity index (χ2n) is 6.03. The first kappa shape index (κ1) is 17.4. The molecule has 0 bridgehead atoms. The molecular weight excluding hydrogens is 226 g/mol. The third-order valence-electron chi connectivity index (χ3n) is 3.08. The Hall–Kier alpha value is -0.610. The minimum atomic E-state index is -0.175. The number of amides is 1. The molecule has 0 fully saturated rings. The van der Waals surface area contributed by atoms with Crippen LogP contribution in [0.25, 0.3) is 0 Å². The molecule has 1 atom stereocenters. The topological polar surface area (TPSA) is 67.1 Å². The lowest BCUT2D eigenvalue weighted by atomic mass is 10.0. The van der Waals surface area contributed by atoms with Gasteiger partial charge in [0, 0.05) is 24.5 Å². The summed E-state index contributed by atoms with van der Waals surface area (Å²) < 4.78 is 0. The summed E-state index contributed by atoms with van der Waals surface area (Å²) in [5.41, 5.74) is 5.54. The Kier molecular flexibility index (Phi) is 8.20. The fraction of sp³-hybridized carbons (Fsp3) is 0.929. The van der Waals surface area contributed by atoms with E-state index in [2.05, 4.69) is 24.5 Å². The maximum Gasteiger partial charge on any atom is 0.222 e. The van der Waals surface area contributed by atoms with Crippen molar-refractivity contribution >= 4 is 5.91 Å². The summed E-state index contributed by atoms with van der Waals surface area (Å²) in [6, 6.07) is 0.0768. The molecular formula is C14H31N3O. The van der Waals surface area contributed by atoms with Gasteiger partial charge in [0.1, 0.15) is 0 Å². The van der Waals surface area contributed by atoms with Crippen LogP contribution in [0.3, 0.4) is 0 Å². The van der Waals surface area contributed by atoms with Gasteiger partial charge in [-0.2, -0.15) is 0 Å². The molecule has 0 spiro atoms. The van der Waals surface area contributed by atoms with Crippen molar-refractivity contribution in [3.63, 3.8) is 0 Å². The zero-order valence-corrected chi connectivity index (χ0v) is 12.7. The maximum atomic E-state index is 11.8. The van der Waals surface area contributed by atoms with Gasteiger partial charge in [-0.25, -0.2) is 0 Å². The van der Waals surface area contributed by atoms with Gasteiger partial charge < -0.3 is 16.4 Å². The van der Waals surface area contributed by atoms with Gasteiger partial charge in [-0.3, -0.25) is 4.79 Å². The summed E-state index contributed by atoms with van der Waals surface area (Å²) in [4.78, 5) is 11.8. The molecule has 4 heteroatoms. The SMILES string of the molecule is CCC(CC)CNC(CN)CC(=O)NC(C)(C)C. The Balaban J connectivity index is 4.07. The van der Waals surface area contributed by atoms with E-state index in [1.807, 2.05) is 20.8 Å². The van der Waals surface area contributed by atoms with Gasteiger partial charge in [-0.05, 0) is 33.2 Å². The first-order chi connectivity index (χ1) is 8.32. The Morgan fingerprint density at radius 3 is 2.17 bits per heavy atom. The molecule has 4 nitrogen and oxygen atoms in total. The van der Waals surface area contributed by atoms with Crippen molar-refractivity contribution in [2.45, 2.75) is 65.5 Å². The van der Waals surface area contributed by atoms with E-state index in [1.54, 1.807) is 0 Å². The predicted octanol–water partition coefficient (Wildman–Crippen LogP) is 1.64. The Morgan fingerprint density at radius 1 is 1.22 bits per heavy atom. The molecule has 0 aromatic heterocycles. The Bertz CT molecular complexity index is 232. The number of nitrogens with one attached hydrogen (secondary N) is 2. The van der Waals surface area contributed by atoms with Gasteiger partial charge in [-0.15, -0.1) is 0 Å². The predicted molar refractivity (Wildman–Crippen MR) is 77.4 cm³/mol. The van der Waals surface area contributed by atoms with Crippen molar-refractivity contribution < 1.29 is 4.79 Å². The minimum absolute atomic E-state index is 0.0648. The largest absolute Gasteiger partial charge is 0.351 e. The molecule has 0 radical (unpaired) electrons. The van der Waals surface area contributed by atoms with Crippen LogP contribution >= 0.6 is 0 Å². The first-order valence-electron chi connectivity index (χ1n) is 7.06. The molecule has 0 heterocycles. The molecule has 0 aliphatic carbocycles. The second-order valence-corrected chi connectivity index (χ2v) is 6.03. The highest BCUT2D eigenvalue weighted by Crippen LogP contribution is 2.06. The van der Waals surface area contributed by atoms with E-state index in [0.29, 0.717) is 18.9 Å². The fourth-order valence-corrected chi connectivity index (χ4v) is 1.84. The molecule has 4 N–H and O–H groups in total.